The van der Waals surface area contributed by atoms with E-state index in [1.54, 1.807) is 6.07 Å². The summed E-state index contributed by atoms with van der Waals surface area (Å²) in [7, 11) is 0. The summed E-state index contributed by atoms with van der Waals surface area (Å²) in [5, 5.41) is 0.610. The van der Waals surface area contributed by atoms with Crippen LogP contribution >= 0.6 is 23.2 Å². The van der Waals surface area contributed by atoms with Gasteiger partial charge >= 0.3 is 11.9 Å². The Labute approximate surface area is 158 Å². The molecule has 0 saturated heterocycles. The molecule has 2 rings (SSSR count). The Bertz CT molecular complexity index is 630. The third-order valence-corrected chi connectivity index (χ3v) is 5.26. The predicted molar refractivity (Wildman–Crippen MR) is 98.0 cm³/mol. The minimum Gasteiger partial charge on any atom is -0.460 e. The van der Waals surface area contributed by atoms with E-state index >= 15 is 0 Å². The summed E-state index contributed by atoms with van der Waals surface area (Å²) < 4.78 is 10.6. The molecule has 0 aromatic heterocycles. The van der Waals surface area contributed by atoms with E-state index in [1.807, 2.05) is 0 Å². The Balaban J connectivity index is 1.90. The summed E-state index contributed by atoms with van der Waals surface area (Å²) in [6, 6.07) is 4.46. The molecule has 6 heteroatoms. The molecule has 0 heterocycles. The van der Waals surface area contributed by atoms with Crippen LogP contribution in [0.3, 0.4) is 0 Å². The lowest BCUT2D eigenvalue weighted by Crippen LogP contribution is -2.36. The highest BCUT2D eigenvalue weighted by atomic mass is 35.5. The topological polar surface area (TPSA) is 52.6 Å². The molecule has 1 fully saturated rings. The monoisotopic (exact) mass is 386 g/mol. The molecular formula is C19H24Cl2O4. The van der Waals surface area contributed by atoms with Crippen molar-refractivity contribution >= 4 is 35.1 Å². The number of carbonyl (C=O) groups excluding carboxylic acids is 2. The van der Waals surface area contributed by atoms with Crippen molar-refractivity contribution in [3.8, 4) is 0 Å². The van der Waals surface area contributed by atoms with Crippen molar-refractivity contribution < 1.29 is 19.1 Å². The fourth-order valence-electron chi connectivity index (χ4n) is 3.31. The molecule has 25 heavy (non-hydrogen) atoms. The predicted octanol–water partition coefficient (Wildman–Crippen LogP) is 5.15. The number of esters is 2. The van der Waals surface area contributed by atoms with Crippen molar-refractivity contribution in [2.24, 2.45) is 17.8 Å². The lowest BCUT2D eigenvalue weighted by Gasteiger charge is -2.36. The fourth-order valence-corrected chi connectivity index (χ4v) is 3.80. The van der Waals surface area contributed by atoms with E-state index in [1.165, 1.54) is 12.1 Å². The Kier molecular flexibility index (Phi) is 7.14. The number of halogens is 2. The SMILES string of the molecule is CC1CCC(C(C)C)C(OC(=O)COC(=O)c2ccc(Cl)cc2Cl)C1. The molecule has 0 bridgehead atoms. The van der Waals surface area contributed by atoms with Crippen LogP contribution in [-0.2, 0) is 14.3 Å². The maximum absolute atomic E-state index is 12.1. The van der Waals surface area contributed by atoms with Crippen molar-refractivity contribution in [3.63, 3.8) is 0 Å². The average molecular weight is 387 g/mol. The highest BCUT2D eigenvalue weighted by Gasteiger charge is 2.33. The number of ether oxygens (including phenoxy) is 2. The van der Waals surface area contributed by atoms with Crippen molar-refractivity contribution in [2.45, 2.75) is 46.1 Å². The van der Waals surface area contributed by atoms with Crippen molar-refractivity contribution in [1.82, 2.24) is 0 Å². The quantitative estimate of drug-likeness (QED) is 0.656. The third-order valence-electron chi connectivity index (χ3n) is 4.72. The lowest BCUT2D eigenvalue weighted by molar-refractivity contribution is -0.159. The van der Waals surface area contributed by atoms with Gasteiger partial charge in [-0.05, 0) is 48.8 Å². The van der Waals surface area contributed by atoms with Gasteiger partial charge < -0.3 is 9.47 Å². The largest absolute Gasteiger partial charge is 0.460 e. The van der Waals surface area contributed by atoms with Gasteiger partial charge in [-0.2, -0.15) is 0 Å². The van der Waals surface area contributed by atoms with Crippen LogP contribution in [0.1, 0.15) is 50.4 Å². The zero-order valence-electron chi connectivity index (χ0n) is 14.8. The smallest absolute Gasteiger partial charge is 0.344 e. The van der Waals surface area contributed by atoms with Gasteiger partial charge in [0.25, 0.3) is 0 Å². The van der Waals surface area contributed by atoms with Crippen molar-refractivity contribution in [2.75, 3.05) is 6.61 Å². The Morgan fingerprint density at radius 3 is 2.60 bits per heavy atom. The highest BCUT2D eigenvalue weighted by molar-refractivity contribution is 6.36. The summed E-state index contributed by atoms with van der Waals surface area (Å²) >= 11 is 11.8. The molecule has 1 aliphatic rings. The summed E-state index contributed by atoms with van der Waals surface area (Å²) in [5.74, 6) is 0.129. The molecule has 0 N–H and O–H groups in total. The molecule has 3 unspecified atom stereocenters. The zero-order valence-corrected chi connectivity index (χ0v) is 16.3. The van der Waals surface area contributed by atoms with E-state index < -0.39 is 18.5 Å². The van der Waals surface area contributed by atoms with E-state index in [0.717, 1.165) is 19.3 Å². The number of benzene rings is 1. The van der Waals surface area contributed by atoms with E-state index in [-0.39, 0.29) is 16.7 Å². The van der Waals surface area contributed by atoms with Gasteiger partial charge in [-0.3, -0.25) is 0 Å². The van der Waals surface area contributed by atoms with Crippen LogP contribution < -0.4 is 0 Å². The number of hydrogen-bond donors (Lipinski definition) is 0. The molecule has 4 nitrogen and oxygen atoms in total. The third kappa shape index (κ3) is 5.61. The van der Waals surface area contributed by atoms with Crippen LogP contribution in [0.2, 0.25) is 10.0 Å². The maximum atomic E-state index is 12.1. The molecule has 1 saturated carbocycles. The first-order valence-electron chi connectivity index (χ1n) is 8.59. The number of carbonyl (C=O) groups is 2. The van der Waals surface area contributed by atoms with E-state index in [4.69, 9.17) is 32.7 Å². The minimum absolute atomic E-state index is 0.117. The molecule has 0 aliphatic heterocycles. The molecule has 138 valence electrons. The number of rotatable bonds is 5. The van der Waals surface area contributed by atoms with Gasteiger partial charge in [-0.15, -0.1) is 0 Å². The van der Waals surface area contributed by atoms with Crippen LogP contribution in [0.5, 0.6) is 0 Å². The van der Waals surface area contributed by atoms with Gasteiger partial charge in [0.1, 0.15) is 6.10 Å². The zero-order chi connectivity index (χ0) is 18.6. The van der Waals surface area contributed by atoms with Crippen LogP contribution in [0.4, 0.5) is 0 Å². The van der Waals surface area contributed by atoms with Crippen molar-refractivity contribution in [3.05, 3.63) is 33.8 Å². The molecule has 0 amide bonds. The van der Waals surface area contributed by atoms with Gasteiger partial charge in [-0.1, -0.05) is 50.4 Å². The Morgan fingerprint density at radius 1 is 1.24 bits per heavy atom. The first-order valence-corrected chi connectivity index (χ1v) is 9.35. The molecule has 1 aromatic carbocycles. The van der Waals surface area contributed by atoms with E-state index in [2.05, 4.69) is 20.8 Å². The summed E-state index contributed by atoms with van der Waals surface area (Å²) in [4.78, 5) is 24.1. The van der Waals surface area contributed by atoms with Gasteiger partial charge in [0.15, 0.2) is 6.61 Å². The van der Waals surface area contributed by atoms with Crippen LogP contribution in [0.15, 0.2) is 18.2 Å². The molecule has 0 radical (unpaired) electrons. The molecule has 3 atom stereocenters. The van der Waals surface area contributed by atoms with Crippen molar-refractivity contribution in [1.29, 1.82) is 0 Å². The summed E-state index contributed by atoms with van der Waals surface area (Å²) in [5.41, 5.74) is 0.171. The van der Waals surface area contributed by atoms with Crippen LogP contribution in [0, 0.1) is 17.8 Å². The van der Waals surface area contributed by atoms with Gasteiger partial charge in [0.05, 0.1) is 10.6 Å². The second kappa shape index (κ2) is 8.91. The summed E-state index contributed by atoms with van der Waals surface area (Å²) in [6.45, 7) is 6.03. The van der Waals surface area contributed by atoms with E-state index in [0.29, 0.717) is 22.8 Å². The molecule has 1 aliphatic carbocycles. The Hall–Kier alpha value is -1.26. The van der Waals surface area contributed by atoms with Crippen LogP contribution in [-0.4, -0.2) is 24.6 Å². The second-order valence-corrected chi connectivity index (χ2v) is 7.90. The second-order valence-electron chi connectivity index (χ2n) is 7.05. The normalized spacial score (nSPS) is 23.4. The van der Waals surface area contributed by atoms with Gasteiger partial charge in [0.2, 0.25) is 0 Å². The minimum atomic E-state index is -0.670. The van der Waals surface area contributed by atoms with E-state index in [9.17, 15) is 9.59 Å². The van der Waals surface area contributed by atoms with Gasteiger partial charge in [-0.25, -0.2) is 9.59 Å². The Morgan fingerprint density at radius 2 is 1.96 bits per heavy atom. The first-order chi connectivity index (χ1) is 11.8. The number of hydrogen-bond acceptors (Lipinski definition) is 4. The lowest BCUT2D eigenvalue weighted by atomic mass is 9.75. The summed E-state index contributed by atoms with van der Waals surface area (Å²) in [6.07, 6.45) is 2.94. The highest BCUT2D eigenvalue weighted by Crippen LogP contribution is 2.35. The maximum Gasteiger partial charge on any atom is 0.344 e. The standard InChI is InChI=1S/C19H24Cl2O4/c1-11(2)14-6-4-12(3)8-17(14)25-18(22)10-24-19(23)15-7-5-13(20)9-16(15)21/h5,7,9,11-12,14,17H,4,6,8,10H2,1-3H3. The fraction of sp³-hybridized carbons (Fsp3) is 0.579. The first kappa shape index (κ1) is 20.1. The van der Waals surface area contributed by atoms with Gasteiger partial charge in [0, 0.05) is 5.02 Å². The average Bonchev–Trinajstić information content (AvgIpc) is 2.52. The molecular weight excluding hydrogens is 363 g/mol. The molecule has 1 aromatic rings. The molecule has 0 spiro atoms. The van der Waals surface area contributed by atoms with Crippen LogP contribution in [0.25, 0.3) is 0 Å².